The summed E-state index contributed by atoms with van der Waals surface area (Å²) in [5, 5.41) is 31.7. The maximum atomic E-state index is 9.52. The highest BCUT2D eigenvalue weighted by molar-refractivity contribution is 4.68. The lowest BCUT2D eigenvalue weighted by Crippen LogP contribution is -2.38. The van der Waals surface area contributed by atoms with Gasteiger partial charge in [0, 0.05) is 46.8 Å². The average molecular weight is 381 g/mol. The van der Waals surface area contributed by atoms with Crippen molar-refractivity contribution in [3.8, 4) is 0 Å². The van der Waals surface area contributed by atoms with E-state index in [1.165, 1.54) is 0 Å². The summed E-state index contributed by atoms with van der Waals surface area (Å²) in [5.41, 5.74) is 5.40. The topological polar surface area (TPSA) is 126 Å². The summed E-state index contributed by atoms with van der Waals surface area (Å²) < 4.78 is 15.8. The van der Waals surface area contributed by atoms with Crippen molar-refractivity contribution in [3.05, 3.63) is 0 Å². The van der Waals surface area contributed by atoms with E-state index in [9.17, 15) is 15.3 Å². The third kappa shape index (κ3) is 11.4. The van der Waals surface area contributed by atoms with Crippen LogP contribution in [0, 0.1) is 5.92 Å². The van der Waals surface area contributed by atoms with Gasteiger partial charge in [0.15, 0.2) is 0 Å². The molecular weight excluding hydrogens is 340 g/mol. The maximum Gasteiger partial charge on any atom is 0.282 e. The lowest BCUT2D eigenvalue weighted by Gasteiger charge is -2.28. The van der Waals surface area contributed by atoms with Gasteiger partial charge >= 0.3 is 0 Å². The van der Waals surface area contributed by atoms with Crippen LogP contribution in [0.2, 0.25) is 0 Å². The summed E-state index contributed by atoms with van der Waals surface area (Å²) in [5.74, 6) is -4.11. The molecule has 26 heavy (non-hydrogen) atoms. The van der Waals surface area contributed by atoms with Gasteiger partial charge in [-0.05, 0) is 32.2 Å². The average Bonchev–Trinajstić information content (AvgIpc) is 2.61. The van der Waals surface area contributed by atoms with Crippen LogP contribution in [-0.2, 0) is 14.2 Å². The zero-order valence-electron chi connectivity index (χ0n) is 16.7. The Morgan fingerprint density at radius 2 is 1.35 bits per heavy atom. The molecule has 0 aromatic carbocycles. The van der Waals surface area contributed by atoms with Crippen molar-refractivity contribution in [2.75, 3.05) is 41.0 Å². The number of unbranched alkanes of at least 4 members (excludes halogenated alkanes) is 4. The molecule has 0 saturated carbocycles. The summed E-state index contributed by atoms with van der Waals surface area (Å²) >= 11 is 0. The van der Waals surface area contributed by atoms with E-state index in [1.54, 1.807) is 21.3 Å². The Balaban J connectivity index is 3.91. The molecule has 0 aliphatic rings. The third-order valence-electron chi connectivity index (χ3n) is 4.74. The lowest BCUT2D eigenvalue weighted by molar-refractivity contribution is -0.355. The number of aliphatic hydroxyl groups is 3. The Hall–Kier alpha value is -0.320. The minimum atomic E-state index is -2.61. The Bertz CT molecular complexity index is 313. The van der Waals surface area contributed by atoms with Crippen LogP contribution in [0.1, 0.15) is 57.8 Å². The second kappa shape index (κ2) is 14.7. The van der Waals surface area contributed by atoms with Gasteiger partial charge in [-0.15, -0.1) is 0 Å². The predicted octanol–water partition coefficient (Wildman–Crippen LogP) is 0.886. The molecule has 1 atom stereocenters. The van der Waals surface area contributed by atoms with E-state index < -0.39 is 17.9 Å². The molecule has 0 amide bonds. The van der Waals surface area contributed by atoms with Crippen molar-refractivity contribution < 1.29 is 29.5 Å². The highest BCUT2D eigenvalue weighted by Gasteiger charge is 2.31. The highest BCUT2D eigenvalue weighted by atomic mass is 16.9. The van der Waals surface area contributed by atoms with E-state index in [2.05, 4.69) is 5.32 Å². The fourth-order valence-electron chi connectivity index (χ4n) is 3.05. The van der Waals surface area contributed by atoms with Gasteiger partial charge in [-0.3, -0.25) is 0 Å². The minimum Gasteiger partial charge on any atom is -0.343 e. The van der Waals surface area contributed by atoms with Crippen LogP contribution >= 0.6 is 0 Å². The van der Waals surface area contributed by atoms with Gasteiger partial charge in [-0.2, -0.15) is 0 Å². The zero-order chi connectivity index (χ0) is 19.9. The molecule has 6 N–H and O–H groups in total. The second-order valence-corrected chi connectivity index (χ2v) is 6.67. The summed E-state index contributed by atoms with van der Waals surface area (Å²) in [7, 11) is 4.68. The Labute approximate surface area is 158 Å². The number of rotatable bonds is 18. The number of hydrogen-bond acceptors (Lipinski definition) is 8. The largest absolute Gasteiger partial charge is 0.343 e. The van der Waals surface area contributed by atoms with Crippen molar-refractivity contribution in [3.63, 3.8) is 0 Å². The molecule has 0 aliphatic carbocycles. The Morgan fingerprint density at radius 3 is 1.88 bits per heavy atom. The summed E-state index contributed by atoms with van der Waals surface area (Å²) in [6, 6.07) is 0. The Morgan fingerprint density at radius 1 is 0.808 bits per heavy atom. The first-order chi connectivity index (χ1) is 12.3. The van der Waals surface area contributed by atoms with E-state index in [-0.39, 0.29) is 0 Å². The first kappa shape index (κ1) is 25.7. The molecule has 0 saturated heterocycles. The molecule has 1 unspecified atom stereocenters. The van der Waals surface area contributed by atoms with Gasteiger partial charge in [0.1, 0.15) is 0 Å². The first-order valence-electron chi connectivity index (χ1n) is 9.58. The molecule has 0 rings (SSSR count). The summed E-state index contributed by atoms with van der Waals surface area (Å²) in [6.45, 7) is 2.07. The molecule has 0 fully saturated rings. The molecule has 0 bridgehead atoms. The monoisotopic (exact) mass is 380 g/mol. The standard InChI is InChI=1S/C18H40N2O6/c1-24-17(25-2,26-3)12-8-6-4-5-7-10-16(18(21,22)23)11-9-14-20-15-13-19/h16,20-23H,4-15,19H2,1-3H3. The zero-order valence-corrected chi connectivity index (χ0v) is 16.7. The van der Waals surface area contributed by atoms with Crippen LogP contribution in [0.25, 0.3) is 0 Å². The summed E-state index contributed by atoms with van der Waals surface area (Å²) in [4.78, 5) is 0. The SMILES string of the molecule is COC(CCCCCCCC(CCCNCCN)C(O)(O)O)(OC)OC. The quantitative estimate of drug-likeness (QED) is 0.175. The van der Waals surface area contributed by atoms with Crippen LogP contribution in [0.15, 0.2) is 0 Å². The molecule has 158 valence electrons. The van der Waals surface area contributed by atoms with Crippen molar-refractivity contribution >= 4 is 0 Å². The van der Waals surface area contributed by atoms with Gasteiger partial charge in [-0.1, -0.05) is 25.7 Å². The van der Waals surface area contributed by atoms with E-state index in [0.717, 1.165) is 51.6 Å². The van der Waals surface area contributed by atoms with Gasteiger partial charge in [0.25, 0.3) is 11.9 Å². The fourth-order valence-corrected chi connectivity index (χ4v) is 3.05. The van der Waals surface area contributed by atoms with Crippen LogP contribution in [0.3, 0.4) is 0 Å². The fraction of sp³-hybridized carbons (Fsp3) is 1.00. The van der Waals surface area contributed by atoms with Gasteiger partial charge in [-0.25, -0.2) is 0 Å². The maximum absolute atomic E-state index is 9.52. The number of nitrogens with two attached hydrogens (primary N) is 1. The number of ether oxygens (including phenoxy) is 3. The van der Waals surface area contributed by atoms with E-state index in [0.29, 0.717) is 25.8 Å². The molecule has 0 spiro atoms. The van der Waals surface area contributed by atoms with Crippen LogP contribution < -0.4 is 11.1 Å². The van der Waals surface area contributed by atoms with E-state index in [1.807, 2.05) is 0 Å². The number of hydrogen-bond donors (Lipinski definition) is 5. The van der Waals surface area contributed by atoms with E-state index >= 15 is 0 Å². The van der Waals surface area contributed by atoms with Crippen molar-refractivity contribution in [2.24, 2.45) is 11.7 Å². The first-order valence-corrected chi connectivity index (χ1v) is 9.58. The lowest BCUT2D eigenvalue weighted by atomic mass is 9.93. The van der Waals surface area contributed by atoms with Crippen molar-refractivity contribution in [1.82, 2.24) is 5.32 Å². The second-order valence-electron chi connectivity index (χ2n) is 6.67. The molecule has 8 heteroatoms. The molecule has 0 aromatic rings. The van der Waals surface area contributed by atoms with Gasteiger partial charge in [0.2, 0.25) is 0 Å². The normalized spacial score (nSPS) is 14.0. The Kier molecular flexibility index (Phi) is 14.5. The van der Waals surface area contributed by atoms with Gasteiger partial charge < -0.3 is 40.6 Å². The van der Waals surface area contributed by atoms with E-state index in [4.69, 9.17) is 19.9 Å². The van der Waals surface area contributed by atoms with Crippen LogP contribution in [0.5, 0.6) is 0 Å². The third-order valence-corrected chi connectivity index (χ3v) is 4.74. The van der Waals surface area contributed by atoms with Crippen molar-refractivity contribution in [1.29, 1.82) is 0 Å². The van der Waals surface area contributed by atoms with Crippen LogP contribution in [0.4, 0.5) is 0 Å². The van der Waals surface area contributed by atoms with Crippen molar-refractivity contribution in [2.45, 2.75) is 69.7 Å². The summed E-state index contributed by atoms with van der Waals surface area (Å²) in [6.07, 6.45) is 7.31. The smallest absolute Gasteiger partial charge is 0.282 e. The molecule has 0 aliphatic heterocycles. The molecule has 8 nitrogen and oxygen atoms in total. The van der Waals surface area contributed by atoms with Crippen LogP contribution in [-0.4, -0.2) is 68.2 Å². The number of nitrogens with one attached hydrogen (secondary N) is 1. The molecule has 0 heterocycles. The van der Waals surface area contributed by atoms with Gasteiger partial charge in [0.05, 0.1) is 0 Å². The minimum absolute atomic E-state index is 0.537. The number of methoxy groups -OCH3 is 3. The molecule has 0 aromatic heterocycles. The molecular formula is C18H40N2O6. The highest BCUT2D eigenvalue weighted by Crippen LogP contribution is 2.25. The molecule has 0 radical (unpaired) electrons. The predicted molar refractivity (Wildman–Crippen MR) is 100 cm³/mol.